The lowest BCUT2D eigenvalue weighted by Gasteiger charge is -2.34. The smallest absolute Gasteiger partial charge is 0.247 e. The highest BCUT2D eigenvalue weighted by Gasteiger charge is 2.56. The van der Waals surface area contributed by atoms with Crippen LogP contribution < -0.4 is 10.6 Å². The lowest BCUT2D eigenvalue weighted by molar-refractivity contribution is -0.140. The van der Waals surface area contributed by atoms with E-state index in [0.29, 0.717) is 19.4 Å². The first-order valence-corrected chi connectivity index (χ1v) is 12.0. The Hall–Kier alpha value is -2.67. The Morgan fingerprint density at radius 3 is 2.55 bits per heavy atom. The molecule has 180 valence electrons. The Morgan fingerprint density at radius 1 is 1.12 bits per heavy atom. The third-order valence-electron chi connectivity index (χ3n) is 7.01. The van der Waals surface area contributed by atoms with Gasteiger partial charge in [0.2, 0.25) is 17.7 Å². The normalized spacial score (nSPS) is 26.3. The number of hydrogen-bond acceptors (Lipinski definition) is 4. The summed E-state index contributed by atoms with van der Waals surface area (Å²) < 4.78 is 0. The summed E-state index contributed by atoms with van der Waals surface area (Å²) in [5.74, 6) is -1.97. The molecule has 7 heteroatoms. The number of aryl methyl sites for hydroxylation is 2. The first-order valence-electron chi connectivity index (χ1n) is 12.0. The Morgan fingerprint density at radius 2 is 1.88 bits per heavy atom. The van der Waals surface area contributed by atoms with Crippen molar-refractivity contribution >= 4 is 23.4 Å². The predicted molar refractivity (Wildman–Crippen MR) is 128 cm³/mol. The fourth-order valence-electron chi connectivity index (χ4n) is 5.34. The Labute approximate surface area is 196 Å². The van der Waals surface area contributed by atoms with Crippen LogP contribution in [-0.2, 0) is 14.4 Å². The average molecular weight is 456 g/mol. The first kappa shape index (κ1) is 25.0. The maximum atomic E-state index is 13.7. The van der Waals surface area contributed by atoms with E-state index in [9.17, 15) is 19.5 Å². The molecule has 1 heterocycles. The van der Waals surface area contributed by atoms with Crippen LogP contribution in [0.5, 0.6) is 0 Å². The fourth-order valence-corrected chi connectivity index (χ4v) is 5.34. The summed E-state index contributed by atoms with van der Waals surface area (Å²) in [5.41, 5.74) is 2.72. The van der Waals surface area contributed by atoms with Crippen molar-refractivity contribution in [2.24, 2.45) is 23.7 Å². The molecule has 3 rings (SSSR count). The molecule has 0 bridgehead atoms. The van der Waals surface area contributed by atoms with Gasteiger partial charge in [0.25, 0.3) is 0 Å². The van der Waals surface area contributed by atoms with Crippen LogP contribution in [-0.4, -0.2) is 54.0 Å². The summed E-state index contributed by atoms with van der Waals surface area (Å²) in [6.45, 7) is 6.39. The number of nitrogens with one attached hydrogen (secondary N) is 2. The molecule has 0 aromatic heterocycles. The van der Waals surface area contributed by atoms with Gasteiger partial charge in [-0.05, 0) is 56.2 Å². The SMILES string of the molecule is CCC[C@@H]1C=C[C@H]2[C@@H](C(=O)N(CCCCO)[C@@H]2C(=O)Nc2cc(C)ccc2C)[C@@H]1C(=O)NC. The summed E-state index contributed by atoms with van der Waals surface area (Å²) >= 11 is 0. The summed E-state index contributed by atoms with van der Waals surface area (Å²) in [6, 6.07) is 5.20. The molecule has 33 heavy (non-hydrogen) atoms. The van der Waals surface area contributed by atoms with Gasteiger partial charge in [0.15, 0.2) is 0 Å². The minimum atomic E-state index is -0.688. The number of unbranched alkanes of at least 4 members (excludes halogenated alkanes) is 1. The lowest BCUT2D eigenvalue weighted by Crippen LogP contribution is -2.45. The van der Waals surface area contributed by atoms with Gasteiger partial charge in [0.05, 0.1) is 11.8 Å². The second-order valence-electron chi connectivity index (χ2n) is 9.30. The molecular formula is C26H37N3O4. The molecule has 2 aliphatic rings. The van der Waals surface area contributed by atoms with E-state index >= 15 is 0 Å². The maximum absolute atomic E-state index is 13.7. The molecule has 1 fully saturated rings. The molecular weight excluding hydrogens is 418 g/mol. The number of carbonyl (C=O) groups is 3. The number of likely N-dealkylation sites (tertiary alicyclic amines) is 1. The third-order valence-corrected chi connectivity index (χ3v) is 7.01. The van der Waals surface area contributed by atoms with Gasteiger partial charge < -0.3 is 20.6 Å². The number of benzene rings is 1. The number of fused-ring (bicyclic) bond motifs is 1. The number of allylic oxidation sites excluding steroid dienone is 1. The van der Waals surface area contributed by atoms with Crippen molar-refractivity contribution in [2.75, 3.05) is 25.5 Å². The molecule has 3 amide bonds. The highest BCUT2D eigenvalue weighted by molar-refractivity contribution is 6.02. The van der Waals surface area contributed by atoms with Gasteiger partial charge in [-0.15, -0.1) is 0 Å². The van der Waals surface area contributed by atoms with Crippen molar-refractivity contribution in [3.63, 3.8) is 0 Å². The molecule has 0 spiro atoms. The summed E-state index contributed by atoms with van der Waals surface area (Å²) in [6.07, 6.45) is 6.90. The zero-order valence-corrected chi connectivity index (χ0v) is 20.1. The van der Waals surface area contributed by atoms with Crippen molar-refractivity contribution in [1.29, 1.82) is 0 Å². The fraction of sp³-hybridized carbons (Fsp3) is 0.577. The van der Waals surface area contributed by atoms with E-state index < -0.39 is 17.9 Å². The third kappa shape index (κ3) is 5.13. The Bertz CT molecular complexity index is 913. The molecule has 0 saturated carbocycles. The van der Waals surface area contributed by atoms with Gasteiger partial charge in [-0.2, -0.15) is 0 Å². The van der Waals surface area contributed by atoms with E-state index in [0.717, 1.165) is 29.7 Å². The van der Waals surface area contributed by atoms with Crippen molar-refractivity contribution in [1.82, 2.24) is 10.2 Å². The lowest BCUT2D eigenvalue weighted by atomic mass is 9.68. The zero-order valence-electron chi connectivity index (χ0n) is 20.1. The van der Waals surface area contributed by atoms with E-state index in [1.807, 2.05) is 44.2 Å². The van der Waals surface area contributed by atoms with E-state index in [-0.39, 0.29) is 36.2 Å². The van der Waals surface area contributed by atoms with Crippen LogP contribution >= 0.6 is 0 Å². The topological polar surface area (TPSA) is 98.7 Å². The van der Waals surface area contributed by atoms with Crippen LogP contribution in [0.15, 0.2) is 30.4 Å². The standard InChI is InChI=1S/C26H37N3O4/c1-5-8-18-11-12-19-22(21(18)24(31)27-4)26(33)29(13-6-7-14-30)23(19)25(32)28-20-15-16(2)9-10-17(20)3/h9-12,15,18-19,21-23,30H,5-8,13-14H2,1-4H3,(H,27,31)(H,28,32)/t18-,19+,21-,22-,23+/m1/s1. The van der Waals surface area contributed by atoms with Crippen LogP contribution in [0, 0.1) is 37.5 Å². The first-order chi connectivity index (χ1) is 15.8. The highest BCUT2D eigenvalue weighted by atomic mass is 16.3. The highest BCUT2D eigenvalue weighted by Crippen LogP contribution is 2.45. The molecule has 1 aromatic rings. The number of anilines is 1. The molecule has 1 aromatic carbocycles. The Balaban J connectivity index is 1.97. The summed E-state index contributed by atoms with van der Waals surface area (Å²) in [5, 5.41) is 15.0. The van der Waals surface area contributed by atoms with Gasteiger partial charge in [0, 0.05) is 31.8 Å². The molecule has 1 aliphatic heterocycles. The largest absolute Gasteiger partial charge is 0.396 e. The number of amides is 3. The average Bonchev–Trinajstić information content (AvgIpc) is 3.08. The second-order valence-corrected chi connectivity index (χ2v) is 9.30. The molecule has 1 saturated heterocycles. The van der Waals surface area contributed by atoms with Crippen LogP contribution in [0.2, 0.25) is 0 Å². The van der Waals surface area contributed by atoms with E-state index in [1.54, 1.807) is 11.9 Å². The minimum Gasteiger partial charge on any atom is -0.396 e. The van der Waals surface area contributed by atoms with Gasteiger partial charge in [0.1, 0.15) is 6.04 Å². The number of hydrogen-bond donors (Lipinski definition) is 3. The van der Waals surface area contributed by atoms with Gasteiger partial charge in [-0.3, -0.25) is 14.4 Å². The summed E-state index contributed by atoms with van der Waals surface area (Å²) in [4.78, 5) is 41.8. The molecule has 7 nitrogen and oxygen atoms in total. The number of rotatable bonds is 9. The predicted octanol–water partition coefficient (Wildman–Crippen LogP) is 2.81. The maximum Gasteiger partial charge on any atom is 0.247 e. The molecule has 3 N–H and O–H groups in total. The molecule has 0 unspecified atom stereocenters. The van der Waals surface area contributed by atoms with Gasteiger partial charge >= 0.3 is 0 Å². The van der Waals surface area contributed by atoms with E-state index in [1.165, 1.54) is 0 Å². The number of nitrogens with zero attached hydrogens (tertiary/aromatic N) is 1. The summed E-state index contributed by atoms with van der Waals surface area (Å²) in [7, 11) is 1.60. The van der Waals surface area contributed by atoms with Crippen molar-refractivity contribution in [2.45, 2.75) is 52.5 Å². The van der Waals surface area contributed by atoms with E-state index in [4.69, 9.17) is 0 Å². The molecule has 1 aliphatic carbocycles. The van der Waals surface area contributed by atoms with Crippen LogP contribution in [0.3, 0.4) is 0 Å². The minimum absolute atomic E-state index is 0.0275. The van der Waals surface area contributed by atoms with Gasteiger partial charge in [-0.1, -0.05) is 37.6 Å². The van der Waals surface area contributed by atoms with Crippen LogP contribution in [0.25, 0.3) is 0 Å². The number of aliphatic hydroxyl groups is 1. The number of carbonyl (C=O) groups excluding carboxylic acids is 3. The quantitative estimate of drug-likeness (QED) is 0.394. The van der Waals surface area contributed by atoms with Crippen molar-refractivity contribution < 1.29 is 19.5 Å². The van der Waals surface area contributed by atoms with Crippen LogP contribution in [0.1, 0.15) is 43.7 Å². The molecule has 5 atom stereocenters. The van der Waals surface area contributed by atoms with Crippen molar-refractivity contribution in [3.05, 3.63) is 41.5 Å². The number of aliphatic hydroxyl groups excluding tert-OH is 1. The van der Waals surface area contributed by atoms with Crippen molar-refractivity contribution in [3.8, 4) is 0 Å². The monoisotopic (exact) mass is 455 g/mol. The molecule has 0 radical (unpaired) electrons. The van der Waals surface area contributed by atoms with E-state index in [2.05, 4.69) is 17.6 Å². The second kappa shape index (κ2) is 11.0. The van der Waals surface area contributed by atoms with Gasteiger partial charge in [-0.25, -0.2) is 0 Å². The Kier molecular flexibility index (Phi) is 8.30. The van der Waals surface area contributed by atoms with Crippen LogP contribution in [0.4, 0.5) is 5.69 Å². The zero-order chi connectivity index (χ0) is 24.1.